The van der Waals surface area contributed by atoms with Crippen molar-refractivity contribution < 1.29 is 4.42 Å². The Balaban J connectivity index is 1.78. The third-order valence-electron chi connectivity index (χ3n) is 2.92. The summed E-state index contributed by atoms with van der Waals surface area (Å²) in [6.07, 6.45) is 0. The molecule has 1 atom stereocenters. The highest BCUT2D eigenvalue weighted by molar-refractivity contribution is 7.99. The minimum absolute atomic E-state index is 0.136. The zero-order valence-electron chi connectivity index (χ0n) is 11.2. The standard InChI is InChI=1S/C15H14N2OS2/c1-10-6-3-4-7-12(10)20-11(2)14-16-17-15(18-14)13-8-5-9-19-13/h3-9,11H,1-2H3. The highest BCUT2D eigenvalue weighted by Gasteiger charge is 2.17. The molecule has 0 bridgehead atoms. The normalized spacial score (nSPS) is 12.5. The van der Waals surface area contributed by atoms with Crippen molar-refractivity contribution in [3.63, 3.8) is 0 Å². The number of benzene rings is 1. The fourth-order valence-electron chi connectivity index (χ4n) is 1.83. The summed E-state index contributed by atoms with van der Waals surface area (Å²) in [6.45, 7) is 4.20. The molecule has 3 rings (SSSR count). The number of aryl methyl sites for hydroxylation is 1. The minimum Gasteiger partial charge on any atom is -0.419 e. The van der Waals surface area contributed by atoms with Crippen LogP contribution >= 0.6 is 23.1 Å². The number of thiophene rings is 1. The molecule has 1 unspecified atom stereocenters. The lowest BCUT2D eigenvalue weighted by Crippen LogP contribution is -1.89. The Labute approximate surface area is 126 Å². The van der Waals surface area contributed by atoms with Gasteiger partial charge in [0.2, 0.25) is 5.89 Å². The number of hydrogen-bond acceptors (Lipinski definition) is 5. The molecule has 0 spiro atoms. The number of aromatic nitrogens is 2. The molecular weight excluding hydrogens is 288 g/mol. The van der Waals surface area contributed by atoms with Crippen LogP contribution in [-0.4, -0.2) is 10.2 Å². The molecule has 0 saturated heterocycles. The molecule has 0 saturated carbocycles. The van der Waals surface area contributed by atoms with Crippen molar-refractivity contribution in [3.05, 3.63) is 53.2 Å². The quantitative estimate of drug-likeness (QED) is 0.638. The molecule has 3 aromatic rings. The monoisotopic (exact) mass is 302 g/mol. The predicted molar refractivity (Wildman–Crippen MR) is 83.1 cm³/mol. The largest absolute Gasteiger partial charge is 0.419 e. The minimum atomic E-state index is 0.136. The third-order valence-corrected chi connectivity index (χ3v) is 5.04. The average molecular weight is 302 g/mol. The summed E-state index contributed by atoms with van der Waals surface area (Å²) in [5.41, 5.74) is 1.27. The number of rotatable bonds is 4. The van der Waals surface area contributed by atoms with E-state index in [0.29, 0.717) is 11.8 Å². The van der Waals surface area contributed by atoms with Crippen LogP contribution < -0.4 is 0 Å². The van der Waals surface area contributed by atoms with Gasteiger partial charge in [-0.05, 0) is 36.9 Å². The van der Waals surface area contributed by atoms with E-state index in [1.807, 2.05) is 29.6 Å². The van der Waals surface area contributed by atoms with Gasteiger partial charge in [-0.1, -0.05) is 24.3 Å². The Hall–Kier alpha value is -1.59. The van der Waals surface area contributed by atoms with Gasteiger partial charge in [-0.3, -0.25) is 0 Å². The van der Waals surface area contributed by atoms with Gasteiger partial charge in [0.25, 0.3) is 5.89 Å². The van der Waals surface area contributed by atoms with E-state index in [-0.39, 0.29) is 5.25 Å². The van der Waals surface area contributed by atoms with Crippen LogP contribution in [0.25, 0.3) is 10.8 Å². The number of thioether (sulfide) groups is 1. The zero-order valence-corrected chi connectivity index (χ0v) is 12.9. The first-order valence-corrected chi connectivity index (χ1v) is 8.09. The molecule has 0 radical (unpaired) electrons. The van der Waals surface area contributed by atoms with Crippen LogP contribution in [0.5, 0.6) is 0 Å². The molecule has 0 N–H and O–H groups in total. The lowest BCUT2D eigenvalue weighted by molar-refractivity contribution is 0.510. The number of hydrogen-bond donors (Lipinski definition) is 0. The molecule has 3 nitrogen and oxygen atoms in total. The number of nitrogens with zero attached hydrogens (tertiary/aromatic N) is 2. The summed E-state index contributed by atoms with van der Waals surface area (Å²) in [6, 6.07) is 12.3. The van der Waals surface area contributed by atoms with Gasteiger partial charge in [-0.25, -0.2) is 0 Å². The van der Waals surface area contributed by atoms with Gasteiger partial charge in [0.15, 0.2) is 0 Å². The lowest BCUT2D eigenvalue weighted by atomic mass is 10.2. The zero-order chi connectivity index (χ0) is 13.9. The SMILES string of the molecule is Cc1ccccc1SC(C)c1nnc(-c2cccs2)o1. The van der Waals surface area contributed by atoms with E-state index in [1.54, 1.807) is 23.1 Å². The molecule has 0 fully saturated rings. The molecule has 1 aromatic carbocycles. The summed E-state index contributed by atoms with van der Waals surface area (Å²) >= 11 is 3.35. The Morgan fingerprint density at radius 1 is 1.15 bits per heavy atom. The van der Waals surface area contributed by atoms with E-state index in [2.05, 4.69) is 36.2 Å². The van der Waals surface area contributed by atoms with Gasteiger partial charge in [0, 0.05) is 4.90 Å². The fourth-order valence-corrected chi connectivity index (χ4v) is 3.46. The van der Waals surface area contributed by atoms with E-state index < -0.39 is 0 Å². The van der Waals surface area contributed by atoms with Crippen LogP contribution in [0.1, 0.15) is 23.6 Å². The van der Waals surface area contributed by atoms with Crippen LogP contribution in [0, 0.1) is 6.92 Å². The average Bonchev–Trinajstić information content (AvgIpc) is 3.11. The summed E-state index contributed by atoms with van der Waals surface area (Å²) in [7, 11) is 0. The Bertz CT molecular complexity index is 691. The van der Waals surface area contributed by atoms with Crippen molar-refractivity contribution in [2.45, 2.75) is 24.0 Å². The van der Waals surface area contributed by atoms with E-state index in [0.717, 1.165) is 4.88 Å². The first kappa shape index (κ1) is 13.4. The Kier molecular flexibility index (Phi) is 3.89. The van der Waals surface area contributed by atoms with E-state index in [9.17, 15) is 0 Å². The highest BCUT2D eigenvalue weighted by Crippen LogP contribution is 2.36. The Morgan fingerprint density at radius 2 is 2.00 bits per heavy atom. The van der Waals surface area contributed by atoms with E-state index in [4.69, 9.17) is 4.42 Å². The molecule has 102 valence electrons. The van der Waals surface area contributed by atoms with Gasteiger partial charge in [0.05, 0.1) is 10.1 Å². The van der Waals surface area contributed by atoms with Crippen molar-refractivity contribution in [2.24, 2.45) is 0 Å². The van der Waals surface area contributed by atoms with Crippen molar-refractivity contribution >= 4 is 23.1 Å². The van der Waals surface area contributed by atoms with E-state index >= 15 is 0 Å². The van der Waals surface area contributed by atoms with Gasteiger partial charge in [-0.2, -0.15) is 0 Å². The second-order valence-electron chi connectivity index (χ2n) is 4.45. The first-order chi connectivity index (χ1) is 9.74. The third kappa shape index (κ3) is 2.78. The van der Waals surface area contributed by atoms with Crippen molar-refractivity contribution in [1.82, 2.24) is 10.2 Å². The summed E-state index contributed by atoms with van der Waals surface area (Å²) in [5.74, 6) is 1.27. The van der Waals surface area contributed by atoms with Gasteiger partial charge < -0.3 is 4.42 Å². The molecule has 0 amide bonds. The van der Waals surface area contributed by atoms with Crippen molar-refractivity contribution in [1.29, 1.82) is 0 Å². The second kappa shape index (κ2) is 5.81. The smallest absolute Gasteiger partial charge is 0.257 e. The van der Waals surface area contributed by atoms with Crippen molar-refractivity contribution in [3.8, 4) is 10.8 Å². The second-order valence-corrected chi connectivity index (χ2v) is 6.78. The molecule has 0 aliphatic rings. The van der Waals surface area contributed by atoms with Crippen LogP contribution in [-0.2, 0) is 0 Å². The molecule has 2 aromatic heterocycles. The fraction of sp³-hybridized carbons (Fsp3) is 0.200. The summed E-state index contributed by atoms with van der Waals surface area (Å²) < 4.78 is 5.77. The lowest BCUT2D eigenvalue weighted by Gasteiger charge is -2.08. The molecule has 5 heteroatoms. The van der Waals surface area contributed by atoms with Crippen LogP contribution in [0.15, 0.2) is 51.1 Å². The molecule has 20 heavy (non-hydrogen) atoms. The van der Waals surface area contributed by atoms with Crippen LogP contribution in [0.3, 0.4) is 0 Å². The molecule has 0 aliphatic carbocycles. The molecular formula is C15H14N2OS2. The van der Waals surface area contributed by atoms with Gasteiger partial charge in [0.1, 0.15) is 0 Å². The van der Waals surface area contributed by atoms with Crippen LogP contribution in [0.2, 0.25) is 0 Å². The highest BCUT2D eigenvalue weighted by atomic mass is 32.2. The summed E-state index contributed by atoms with van der Waals surface area (Å²) in [5, 5.41) is 10.4. The maximum atomic E-state index is 5.77. The van der Waals surface area contributed by atoms with Crippen LogP contribution in [0.4, 0.5) is 0 Å². The van der Waals surface area contributed by atoms with E-state index in [1.165, 1.54) is 10.5 Å². The maximum absolute atomic E-state index is 5.77. The molecule has 0 aliphatic heterocycles. The predicted octanol–water partition coefficient (Wildman–Crippen LogP) is 4.96. The first-order valence-electron chi connectivity index (χ1n) is 6.33. The Morgan fingerprint density at radius 3 is 2.75 bits per heavy atom. The van der Waals surface area contributed by atoms with Crippen molar-refractivity contribution in [2.75, 3.05) is 0 Å². The molecule has 2 heterocycles. The van der Waals surface area contributed by atoms with Gasteiger partial charge in [-0.15, -0.1) is 33.3 Å². The summed E-state index contributed by atoms with van der Waals surface area (Å²) in [4.78, 5) is 2.26. The maximum Gasteiger partial charge on any atom is 0.257 e. The topological polar surface area (TPSA) is 38.9 Å². The van der Waals surface area contributed by atoms with Gasteiger partial charge >= 0.3 is 0 Å².